The number of hydrogen-bond acceptors (Lipinski definition) is 18. The van der Waals surface area contributed by atoms with Gasteiger partial charge in [-0.15, -0.1) is 0 Å². The first-order valence-corrected chi connectivity index (χ1v) is 36.3. The quantitative estimate of drug-likeness (QED) is 0.0185. The second-order valence-corrected chi connectivity index (χ2v) is 31.2. The van der Waals surface area contributed by atoms with Gasteiger partial charge in [-0.05, 0) is 148 Å². The summed E-state index contributed by atoms with van der Waals surface area (Å²) in [6, 6.07) is 51.7. The third kappa shape index (κ3) is 16.1. The highest BCUT2D eigenvalue weighted by atomic mass is 79.9. The molecule has 0 bridgehead atoms. The lowest BCUT2D eigenvalue weighted by molar-refractivity contribution is -0.151. The van der Waals surface area contributed by atoms with Gasteiger partial charge in [0, 0.05) is 18.2 Å². The lowest BCUT2D eigenvalue weighted by atomic mass is 9.80. The Kier molecular flexibility index (Phi) is 22.0. The minimum Gasteiger partial charge on any atom is -0.543 e. The lowest BCUT2D eigenvalue weighted by Crippen LogP contribution is -2.43. The number of carbonyl (C=O) groups excluding carboxylic acids is 1. The molecule has 10 aromatic rings. The van der Waals surface area contributed by atoms with Gasteiger partial charge < -0.3 is 46.7 Å². The number of nitrogens with zero attached hydrogens (tertiary/aromatic N) is 4. The highest BCUT2D eigenvalue weighted by molar-refractivity contribution is 9.10. The minimum atomic E-state index is -4.19. The van der Waals surface area contributed by atoms with Crippen LogP contribution in [0, 0.1) is 6.92 Å². The van der Waals surface area contributed by atoms with Crippen LogP contribution in [0.5, 0.6) is 40.4 Å². The summed E-state index contributed by atoms with van der Waals surface area (Å²) in [5, 5.41) is 0.333. The molecule has 0 aliphatic heterocycles. The molecule has 0 fully saturated rings. The SMILES string of the molecule is CCOC(=O)[C@@H](Cc1cc(O[Si](C)(C)C(C)(C)C)ccc1OCc1ccnc(-c2ccccc2OC)n1)Oc1ncnc2oc(Br)c(-c3ccc(O[C@H](COC(c4ccccc4)(c4ccc(OC)cc4)c4ccc(OC)cc4)COS(=O)(=O)Cc4ccccc4)c(Cl)c3C)c12. The van der Waals surface area contributed by atoms with Crippen LogP contribution in [0.1, 0.15) is 66.8 Å². The molecular weight excluding hydrogens is 1330 g/mol. The zero-order valence-electron chi connectivity index (χ0n) is 54.4. The number of furan rings is 1. The second kappa shape index (κ2) is 30.3. The molecule has 494 valence electrons. The zero-order chi connectivity index (χ0) is 67.5. The van der Waals surface area contributed by atoms with E-state index < -0.39 is 54.6 Å². The van der Waals surface area contributed by atoms with Crippen molar-refractivity contribution < 1.29 is 64.1 Å². The molecule has 2 atom stereocenters. The maximum absolute atomic E-state index is 14.4. The molecule has 0 saturated heterocycles. The zero-order valence-corrected chi connectivity index (χ0v) is 58.5. The van der Waals surface area contributed by atoms with Gasteiger partial charge in [-0.1, -0.05) is 136 Å². The average Bonchev–Trinajstić information content (AvgIpc) is 1.75. The number of methoxy groups -OCH3 is 3. The van der Waals surface area contributed by atoms with Crippen LogP contribution in [0.15, 0.2) is 191 Å². The van der Waals surface area contributed by atoms with Gasteiger partial charge in [-0.3, -0.25) is 4.18 Å². The van der Waals surface area contributed by atoms with Gasteiger partial charge in [0.15, 0.2) is 10.5 Å². The van der Waals surface area contributed by atoms with Crippen molar-refractivity contribution in [3.05, 3.63) is 231 Å². The maximum atomic E-state index is 14.4. The van der Waals surface area contributed by atoms with Crippen LogP contribution in [0.25, 0.3) is 33.6 Å². The number of benzene rings is 7. The van der Waals surface area contributed by atoms with Crippen LogP contribution in [-0.4, -0.2) is 96.0 Å². The van der Waals surface area contributed by atoms with Crippen molar-refractivity contribution in [2.24, 2.45) is 0 Å². The smallest absolute Gasteiger partial charge is 0.347 e. The van der Waals surface area contributed by atoms with Gasteiger partial charge in [0.05, 0.1) is 56.4 Å². The van der Waals surface area contributed by atoms with E-state index in [9.17, 15) is 13.2 Å². The Balaban J connectivity index is 0.995. The summed E-state index contributed by atoms with van der Waals surface area (Å²) >= 11 is 11.1. The molecule has 0 N–H and O–H groups in total. The predicted molar refractivity (Wildman–Crippen MR) is 370 cm³/mol. The van der Waals surface area contributed by atoms with E-state index >= 15 is 0 Å². The van der Waals surface area contributed by atoms with Crippen LogP contribution < -0.4 is 32.8 Å². The monoisotopic (exact) mass is 1400 g/mol. The van der Waals surface area contributed by atoms with E-state index in [0.29, 0.717) is 73.5 Å². The highest BCUT2D eigenvalue weighted by Crippen LogP contribution is 2.47. The first kappa shape index (κ1) is 69.0. The standard InChI is InChI=1S/C73H74BrClN4O14SSi/c1-11-86-71(80)63(41-49-40-56(93-95(9,10)72(3,4)5)34-36-60(49)87-42-53-38-39-76-68(79-53)59-24-18-19-25-61(59)85-8)91-69-65-64(67(74)92-70(65)78-46-77-69)58-35-37-62(66(75)47(58)2)90-57(44-89-94(81,82)45-48-20-14-12-15-21-48)43-88-73(50-22-16-13-17-23-50,51-26-30-54(83-6)31-27-51)52-28-32-55(84-7)33-29-52/h12-40,46,57,63H,11,41-45H2,1-10H3/t57-,63-/m1/s1. The summed E-state index contributed by atoms with van der Waals surface area (Å²) in [5.41, 5.74) is 4.96. The fraction of sp³-hybridized carbons (Fsp3) is 0.274. The van der Waals surface area contributed by atoms with Crippen LogP contribution in [0.4, 0.5) is 0 Å². The number of rotatable bonds is 29. The Morgan fingerprint density at radius 1 is 0.695 bits per heavy atom. The summed E-state index contributed by atoms with van der Waals surface area (Å²) in [5.74, 6) is 2.49. The Labute approximate surface area is 568 Å². The van der Waals surface area contributed by atoms with Crippen molar-refractivity contribution in [2.75, 3.05) is 41.2 Å². The lowest BCUT2D eigenvalue weighted by Gasteiger charge is -2.37. The third-order valence-corrected chi connectivity index (χ3v) is 23.0. The van der Waals surface area contributed by atoms with Crippen LogP contribution in [0.2, 0.25) is 23.2 Å². The van der Waals surface area contributed by atoms with E-state index in [4.69, 9.17) is 67.5 Å². The molecule has 0 aliphatic rings. The summed E-state index contributed by atoms with van der Waals surface area (Å²) < 4.78 is 96.7. The number of halogens is 2. The Hall–Kier alpha value is -8.83. The molecule has 22 heteroatoms. The van der Waals surface area contributed by atoms with E-state index in [-0.39, 0.29) is 58.3 Å². The molecule has 95 heavy (non-hydrogen) atoms. The molecule has 0 radical (unpaired) electrons. The van der Waals surface area contributed by atoms with Crippen molar-refractivity contribution >= 4 is 63.0 Å². The first-order chi connectivity index (χ1) is 45.6. The summed E-state index contributed by atoms with van der Waals surface area (Å²) in [6.07, 6.45) is 0.444. The van der Waals surface area contributed by atoms with Crippen molar-refractivity contribution in [1.82, 2.24) is 19.9 Å². The molecule has 7 aromatic carbocycles. The number of hydrogen-bond donors (Lipinski definition) is 0. The number of para-hydroxylation sites is 1. The first-order valence-electron chi connectivity index (χ1n) is 30.7. The van der Waals surface area contributed by atoms with Crippen molar-refractivity contribution in [1.29, 1.82) is 0 Å². The normalized spacial score (nSPS) is 12.6. The third-order valence-electron chi connectivity index (χ3n) is 16.5. The van der Waals surface area contributed by atoms with E-state index in [1.54, 1.807) is 89.9 Å². The minimum absolute atomic E-state index is 0.00366. The van der Waals surface area contributed by atoms with Crippen molar-refractivity contribution in [2.45, 2.75) is 89.3 Å². The van der Waals surface area contributed by atoms with Gasteiger partial charge >= 0.3 is 5.97 Å². The Morgan fingerprint density at radius 2 is 1.33 bits per heavy atom. The fourth-order valence-corrected chi connectivity index (χ4v) is 13.4. The number of carbonyl (C=O) groups is 1. The molecule has 0 saturated carbocycles. The molecule has 3 heterocycles. The largest absolute Gasteiger partial charge is 0.543 e. The highest BCUT2D eigenvalue weighted by Gasteiger charge is 2.41. The second-order valence-electron chi connectivity index (χ2n) is 23.7. The van der Waals surface area contributed by atoms with E-state index in [1.807, 2.05) is 121 Å². The summed E-state index contributed by atoms with van der Waals surface area (Å²) in [7, 11) is -1.79. The van der Waals surface area contributed by atoms with Crippen LogP contribution in [0.3, 0.4) is 0 Å². The molecule has 18 nitrogen and oxygen atoms in total. The van der Waals surface area contributed by atoms with Gasteiger partial charge in [0.2, 0.25) is 26.0 Å². The Bertz CT molecular complexity index is 4340. The molecule has 0 spiro atoms. The molecule has 3 aromatic heterocycles. The molecule has 0 aliphatic carbocycles. The molecule has 0 unspecified atom stereocenters. The maximum Gasteiger partial charge on any atom is 0.347 e. The molecule has 0 amide bonds. The summed E-state index contributed by atoms with van der Waals surface area (Å²) in [4.78, 5) is 32.8. The van der Waals surface area contributed by atoms with E-state index in [1.165, 1.54) is 6.33 Å². The van der Waals surface area contributed by atoms with Crippen molar-refractivity contribution in [3.63, 3.8) is 0 Å². The predicted octanol–water partition coefficient (Wildman–Crippen LogP) is 15.9. The van der Waals surface area contributed by atoms with Gasteiger partial charge in [-0.2, -0.15) is 8.42 Å². The van der Waals surface area contributed by atoms with Gasteiger partial charge in [-0.25, -0.2) is 24.7 Å². The number of esters is 1. The van der Waals surface area contributed by atoms with Crippen LogP contribution in [-0.2, 0) is 53.0 Å². The number of aromatic nitrogens is 4. The molecular formula is C73H74BrClN4O14SSi. The number of fused-ring (bicyclic) bond motifs is 1. The number of ether oxygens (including phenoxy) is 8. The van der Waals surface area contributed by atoms with Crippen LogP contribution >= 0.6 is 27.5 Å². The topological polar surface area (TPSA) is 208 Å². The van der Waals surface area contributed by atoms with Gasteiger partial charge in [0.25, 0.3) is 10.1 Å². The Morgan fingerprint density at radius 3 is 1.98 bits per heavy atom. The van der Waals surface area contributed by atoms with E-state index in [0.717, 1.165) is 22.3 Å². The average molecular weight is 1410 g/mol. The van der Waals surface area contributed by atoms with Crippen molar-refractivity contribution in [3.8, 4) is 62.9 Å². The molecule has 10 rings (SSSR count). The van der Waals surface area contributed by atoms with Gasteiger partial charge in [0.1, 0.15) is 76.9 Å². The fourth-order valence-electron chi connectivity index (χ4n) is 10.5. The van der Waals surface area contributed by atoms with E-state index in [2.05, 4.69) is 64.7 Å². The summed E-state index contributed by atoms with van der Waals surface area (Å²) in [6.45, 7) is 13.7.